The Balaban J connectivity index is 1.48. The number of nitrogens with one attached hydrogen (secondary N) is 2. The van der Waals surface area contributed by atoms with Gasteiger partial charge in [-0.05, 0) is 54.1 Å². The number of carbonyl (C=O) groups excluding carboxylic acids is 1. The molecule has 0 unspecified atom stereocenters. The first-order valence-corrected chi connectivity index (χ1v) is 13.1. The van der Waals surface area contributed by atoms with Crippen LogP contribution >= 0.6 is 23.2 Å². The monoisotopic (exact) mass is 617 g/mol. The minimum Gasteiger partial charge on any atom is -0.481 e. The van der Waals surface area contributed by atoms with Crippen molar-refractivity contribution < 1.29 is 32.6 Å². The van der Waals surface area contributed by atoms with Gasteiger partial charge in [0.1, 0.15) is 11.4 Å². The third-order valence-corrected chi connectivity index (χ3v) is 6.48. The second-order valence-electron chi connectivity index (χ2n) is 9.14. The minimum atomic E-state index is -4.84. The molecular formula is C28H20Cl2F3N5O4. The van der Waals surface area contributed by atoms with Gasteiger partial charge < -0.3 is 20.1 Å². The van der Waals surface area contributed by atoms with Gasteiger partial charge in [0.05, 0.1) is 29.7 Å². The smallest absolute Gasteiger partial charge is 0.481 e. The van der Waals surface area contributed by atoms with Crippen LogP contribution in [0.2, 0.25) is 10.0 Å². The SMILES string of the molecule is O=C(O)CCNC(=O)c1ccc(Cn2nc(-c3cc(Cl)cc(Cl)c3)cc2-c2nc3ccc(OC(F)(F)F)cc3[nH]2)cc1. The molecule has 0 radical (unpaired) electrons. The normalized spacial score (nSPS) is 11.5. The Morgan fingerprint density at radius 3 is 2.38 bits per heavy atom. The molecule has 2 heterocycles. The molecule has 0 spiro atoms. The number of amides is 1. The van der Waals surface area contributed by atoms with E-state index in [2.05, 4.69) is 20.0 Å². The lowest BCUT2D eigenvalue weighted by Gasteiger charge is -2.08. The van der Waals surface area contributed by atoms with Crippen LogP contribution in [0.1, 0.15) is 22.3 Å². The van der Waals surface area contributed by atoms with Crippen molar-refractivity contribution in [1.29, 1.82) is 0 Å². The van der Waals surface area contributed by atoms with Crippen molar-refractivity contribution in [1.82, 2.24) is 25.1 Å². The zero-order chi connectivity index (χ0) is 30.0. The Morgan fingerprint density at radius 2 is 1.71 bits per heavy atom. The maximum atomic E-state index is 12.7. The number of benzene rings is 3. The number of nitrogens with zero attached hydrogens (tertiary/aromatic N) is 3. The largest absolute Gasteiger partial charge is 0.573 e. The van der Waals surface area contributed by atoms with E-state index >= 15 is 0 Å². The lowest BCUT2D eigenvalue weighted by molar-refractivity contribution is -0.274. The van der Waals surface area contributed by atoms with Crippen LogP contribution in [-0.4, -0.2) is 49.6 Å². The lowest BCUT2D eigenvalue weighted by Crippen LogP contribution is -2.25. The Bertz CT molecular complexity index is 1760. The number of carboxylic acids is 1. The van der Waals surface area contributed by atoms with E-state index < -0.39 is 18.2 Å². The van der Waals surface area contributed by atoms with Gasteiger partial charge in [0, 0.05) is 33.8 Å². The predicted molar refractivity (Wildman–Crippen MR) is 150 cm³/mol. The highest BCUT2D eigenvalue weighted by atomic mass is 35.5. The number of hydrogen-bond donors (Lipinski definition) is 3. The number of carboxylic acid groups (broad SMARTS) is 1. The summed E-state index contributed by atoms with van der Waals surface area (Å²) in [5, 5.41) is 16.8. The molecule has 1 amide bonds. The highest BCUT2D eigenvalue weighted by Gasteiger charge is 2.31. The number of aromatic amines is 1. The van der Waals surface area contributed by atoms with E-state index in [1.165, 1.54) is 18.2 Å². The Morgan fingerprint density at radius 1 is 1.00 bits per heavy atom. The van der Waals surface area contributed by atoms with Gasteiger partial charge in [-0.2, -0.15) is 5.10 Å². The fourth-order valence-electron chi connectivity index (χ4n) is 4.20. The van der Waals surface area contributed by atoms with Crippen molar-refractivity contribution in [2.75, 3.05) is 6.54 Å². The number of imidazole rings is 1. The average molecular weight is 618 g/mol. The van der Waals surface area contributed by atoms with E-state index in [1.807, 2.05) is 0 Å². The van der Waals surface area contributed by atoms with Gasteiger partial charge in [-0.25, -0.2) is 4.98 Å². The molecule has 42 heavy (non-hydrogen) atoms. The average Bonchev–Trinajstić information content (AvgIpc) is 3.51. The molecule has 5 aromatic rings. The van der Waals surface area contributed by atoms with Crippen LogP contribution < -0.4 is 10.1 Å². The molecule has 0 aliphatic rings. The first-order chi connectivity index (χ1) is 19.9. The number of H-pyrrole nitrogens is 1. The molecule has 5 rings (SSSR count). The summed E-state index contributed by atoms with van der Waals surface area (Å²) in [6.45, 7) is 0.244. The van der Waals surface area contributed by atoms with Crippen molar-refractivity contribution in [2.24, 2.45) is 0 Å². The van der Waals surface area contributed by atoms with E-state index in [0.717, 1.165) is 5.56 Å². The molecule has 3 aromatic carbocycles. The molecule has 0 aliphatic heterocycles. The van der Waals surface area contributed by atoms with Crippen LogP contribution in [-0.2, 0) is 11.3 Å². The third kappa shape index (κ3) is 7.01. The molecule has 14 heteroatoms. The molecule has 2 aromatic heterocycles. The van der Waals surface area contributed by atoms with Crippen LogP contribution in [0.3, 0.4) is 0 Å². The third-order valence-electron chi connectivity index (χ3n) is 6.04. The minimum absolute atomic E-state index is 0.00415. The predicted octanol–water partition coefficient (Wildman–Crippen LogP) is 6.55. The van der Waals surface area contributed by atoms with Gasteiger partial charge in [-0.3, -0.25) is 14.3 Å². The van der Waals surface area contributed by atoms with E-state index in [0.29, 0.717) is 49.4 Å². The molecule has 0 fully saturated rings. The van der Waals surface area contributed by atoms with Crippen LogP contribution in [0.25, 0.3) is 33.8 Å². The van der Waals surface area contributed by atoms with E-state index in [1.54, 1.807) is 53.2 Å². The van der Waals surface area contributed by atoms with Gasteiger partial charge in [-0.15, -0.1) is 13.2 Å². The molecule has 0 atom stereocenters. The first-order valence-electron chi connectivity index (χ1n) is 12.3. The quantitative estimate of drug-likeness (QED) is 0.172. The lowest BCUT2D eigenvalue weighted by atomic mass is 10.1. The second kappa shape index (κ2) is 11.7. The summed E-state index contributed by atoms with van der Waals surface area (Å²) < 4.78 is 43.8. The van der Waals surface area contributed by atoms with Gasteiger partial charge in [0.2, 0.25) is 0 Å². The number of fused-ring (bicyclic) bond motifs is 1. The molecule has 0 aliphatic carbocycles. The molecule has 9 nitrogen and oxygen atoms in total. The second-order valence-corrected chi connectivity index (χ2v) is 10.0. The summed E-state index contributed by atoms with van der Waals surface area (Å²) in [6.07, 6.45) is -5.03. The summed E-state index contributed by atoms with van der Waals surface area (Å²) in [5.41, 5.74) is 3.54. The van der Waals surface area contributed by atoms with Crippen molar-refractivity contribution in [3.63, 3.8) is 0 Å². The van der Waals surface area contributed by atoms with Crippen LogP contribution in [0.4, 0.5) is 13.2 Å². The number of ether oxygens (including phenoxy) is 1. The topological polar surface area (TPSA) is 122 Å². The fourth-order valence-corrected chi connectivity index (χ4v) is 4.72. The summed E-state index contributed by atoms with van der Waals surface area (Å²) in [7, 11) is 0. The fraction of sp³-hybridized carbons (Fsp3) is 0.143. The number of halogens is 5. The van der Waals surface area contributed by atoms with E-state index in [4.69, 9.17) is 33.4 Å². The van der Waals surface area contributed by atoms with Gasteiger partial charge in [0.15, 0.2) is 5.82 Å². The molecule has 3 N–H and O–H groups in total. The highest BCUT2D eigenvalue weighted by Crippen LogP contribution is 2.32. The molecule has 0 bridgehead atoms. The Labute approximate surface area is 245 Å². The number of carbonyl (C=O) groups is 2. The van der Waals surface area contributed by atoms with E-state index in [-0.39, 0.29) is 25.3 Å². The maximum Gasteiger partial charge on any atom is 0.573 e. The number of alkyl halides is 3. The summed E-state index contributed by atoms with van der Waals surface area (Å²) in [6, 6.07) is 17.2. The highest BCUT2D eigenvalue weighted by molar-refractivity contribution is 6.35. The standard InChI is InChI=1S/C28H20Cl2F3N5O4/c29-18-9-17(10-19(30)11-18)22-13-24(26-35-21-6-5-20(12-23(21)36-26)42-28(31,32)33)38(37-22)14-15-1-3-16(4-2-15)27(41)34-8-7-25(39)40/h1-6,9-13H,7-8,14H2,(H,34,41)(H,35,36)(H,39,40). The molecule has 216 valence electrons. The number of aromatic nitrogens is 4. The Kier molecular flexibility index (Phi) is 8.10. The van der Waals surface area contributed by atoms with Crippen molar-refractivity contribution >= 4 is 46.1 Å². The van der Waals surface area contributed by atoms with Crippen molar-refractivity contribution in [3.8, 4) is 28.5 Å². The van der Waals surface area contributed by atoms with Crippen molar-refractivity contribution in [3.05, 3.63) is 87.9 Å². The summed E-state index contributed by atoms with van der Waals surface area (Å²) in [5.74, 6) is -1.46. The molecular weight excluding hydrogens is 598 g/mol. The van der Waals surface area contributed by atoms with Crippen LogP contribution in [0, 0.1) is 0 Å². The summed E-state index contributed by atoms with van der Waals surface area (Å²) in [4.78, 5) is 30.6. The number of aliphatic carboxylic acids is 1. The van der Waals surface area contributed by atoms with Crippen LogP contribution in [0.15, 0.2) is 66.7 Å². The zero-order valence-corrected chi connectivity index (χ0v) is 22.9. The van der Waals surface area contributed by atoms with Crippen molar-refractivity contribution in [2.45, 2.75) is 19.3 Å². The zero-order valence-electron chi connectivity index (χ0n) is 21.4. The van der Waals surface area contributed by atoms with Gasteiger partial charge in [-0.1, -0.05) is 35.3 Å². The summed E-state index contributed by atoms with van der Waals surface area (Å²) >= 11 is 12.4. The van der Waals surface area contributed by atoms with Gasteiger partial charge >= 0.3 is 12.3 Å². The number of hydrogen-bond acceptors (Lipinski definition) is 5. The van der Waals surface area contributed by atoms with E-state index in [9.17, 15) is 22.8 Å². The van der Waals surface area contributed by atoms with Crippen LogP contribution in [0.5, 0.6) is 5.75 Å². The Hall–Kier alpha value is -4.55. The molecule has 0 saturated heterocycles. The maximum absolute atomic E-state index is 12.7. The first kappa shape index (κ1) is 29.0. The number of rotatable bonds is 9. The van der Waals surface area contributed by atoms with Gasteiger partial charge in [0.25, 0.3) is 5.91 Å². The molecule has 0 saturated carbocycles.